The molecule has 1 saturated heterocycles. The number of aliphatic hydroxyl groups excluding tert-OH is 2. The highest BCUT2D eigenvalue weighted by molar-refractivity contribution is 6.01. The van der Waals surface area contributed by atoms with E-state index in [0.29, 0.717) is 24.8 Å². The Hall–Kier alpha value is -1.41. The molecule has 5 rings (SSSR count). The summed E-state index contributed by atoms with van der Waals surface area (Å²) >= 11 is 0. The van der Waals surface area contributed by atoms with Crippen molar-refractivity contribution in [1.29, 1.82) is 0 Å². The van der Waals surface area contributed by atoms with Gasteiger partial charge in [0, 0.05) is 16.7 Å². The quantitative estimate of drug-likeness (QED) is 0.687. The molecule has 4 fully saturated rings. The van der Waals surface area contributed by atoms with Crippen LogP contribution in [0.2, 0.25) is 0 Å². The molecule has 0 aromatic heterocycles. The van der Waals surface area contributed by atoms with Crippen LogP contribution in [-0.2, 0) is 19.1 Å². The average molecular weight is 449 g/mol. The number of rotatable bonds is 4. The van der Waals surface area contributed by atoms with Gasteiger partial charge < -0.3 is 19.7 Å². The lowest BCUT2D eigenvalue weighted by atomic mass is 9.46. The number of fused-ring (bicyclic) bond motifs is 7. The summed E-state index contributed by atoms with van der Waals surface area (Å²) in [7, 11) is 0. The van der Waals surface area contributed by atoms with E-state index >= 15 is 4.39 Å². The van der Waals surface area contributed by atoms with E-state index in [0.717, 1.165) is 6.42 Å². The van der Waals surface area contributed by atoms with E-state index in [9.17, 15) is 19.8 Å². The molecule has 5 aliphatic rings. The van der Waals surface area contributed by atoms with Gasteiger partial charge in [-0.2, -0.15) is 0 Å². The maximum atomic E-state index is 15.5. The van der Waals surface area contributed by atoms with Crippen LogP contribution in [0.15, 0.2) is 23.8 Å². The number of hydrogen-bond acceptors (Lipinski definition) is 6. The van der Waals surface area contributed by atoms with Crippen LogP contribution in [0, 0.1) is 28.6 Å². The minimum absolute atomic E-state index is 0.110. The van der Waals surface area contributed by atoms with Crippen molar-refractivity contribution in [1.82, 2.24) is 0 Å². The van der Waals surface area contributed by atoms with Crippen molar-refractivity contribution in [3.8, 4) is 0 Å². The third kappa shape index (κ3) is 2.65. The number of carbonyl (C=O) groups excluding carboxylic acids is 2. The summed E-state index contributed by atoms with van der Waals surface area (Å²) in [5.41, 5.74) is -2.43. The van der Waals surface area contributed by atoms with Gasteiger partial charge in [-0.15, -0.1) is 0 Å². The van der Waals surface area contributed by atoms with E-state index in [1.54, 1.807) is 6.08 Å². The molecule has 0 spiro atoms. The topological polar surface area (TPSA) is 93.1 Å². The van der Waals surface area contributed by atoms with E-state index in [2.05, 4.69) is 0 Å². The van der Waals surface area contributed by atoms with Crippen molar-refractivity contribution in [3.63, 3.8) is 0 Å². The summed E-state index contributed by atoms with van der Waals surface area (Å²) < 4.78 is 28.0. The van der Waals surface area contributed by atoms with Crippen LogP contribution in [0.4, 0.5) is 4.39 Å². The lowest BCUT2D eigenvalue weighted by Gasteiger charge is -2.60. The monoisotopic (exact) mass is 448 g/mol. The molecule has 32 heavy (non-hydrogen) atoms. The van der Waals surface area contributed by atoms with E-state index in [1.165, 1.54) is 12.2 Å². The Kier molecular flexibility index (Phi) is 5.10. The van der Waals surface area contributed by atoms with E-state index in [1.807, 2.05) is 20.8 Å². The number of Topliss-reactive ketones (excluding diaryl/α,β-unsaturated/α-hetero) is 1. The molecule has 1 unspecified atom stereocenters. The number of allylic oxidation sites excluding steroid dienone is 4. The van der Waals surface area contributed by atoms with Crippen molar-refractivity contribution in [2.75, 3.05) is 6.61 Å². The summed E-state index contributed by atoms with van der Waals surface area (Å²) in [6.45, 7) is 5.21. The minimum atomic E-state index is -1.33. The predicted molar refractivity (Wildman–Crippen MR) is 113 cm³/mol. The standard InChI is InChI=1S/C25H33FO6/c1-4-5-21-31-20-10-15-14-9-17(26)16-8-13(28)6-7-23(16,2)22(14)18(29)11-24(15,3)25(20,32-21)19(30)12-27/h6-8,14-15,17-18,20-22,27,29H,4-5,9-12H2,1-3H3/t14-,15-,17-,18-,20+,21?,22+,23-,24-,25+/m0/s1. The average Bonchev–Trinajstić information content (AvgIpc) is 3.21. The fraction of sp³-hybridized carbons (Fsp3) is 0.760. The maximum Gasteiger partial charge on any atom is 0.193 e. The lowest BCUT2D eigenvalue weighted by molar-refractivity contribution is -0.202. The Balaban J connectivity index is 1.58. The highest BCUT2D eigenvalue weighted by atomic mass is 19.1. The lowest BCUT2D eigenvalue weighted by Crippen LogP contribution is -2.64. The van der Waals surface area contributed by atoms with E-state index in [-0.39, 0.29) is 30.0 Å². The van der Waals surface area contributed by atoms with Crippen LogP contribution in [-0.4, -0.2) is 58.7 Å². The molecule has 1 aliphatic heterocycles. The number of ketones is 2. The van der Waals surface area contributed by atoms with E-state index in [4.69, 9.17) is 9.47 Å². The van der Waals surface area contributed by atoms with Crippen LogP contribution < -0.4 is 0 Å². The van der Waals surface area contributed by atoms with Gasteiger partial charge in [-0.05, 0) is 55.2 Å². The summed E-state index contributed by atoms with van der Waals surface area (Å²) in [5.74, 6) is -1.22. The number of aliphatic hydroxyl groups is 2. The van der Waals surface area contributed by atoms with Crippen molar-refractivity contribution in [3.05, 3.63) is 23.8 Å². The fourth-order valence-electron chi connectivity index (χ4n) is 8.13. The highest BCUT2D eigenvalue weighted by Crippen LogP contribution is 2.69. The molecule has 0 amide bonds. The number of halogens is 1. The van der Waals surface area contributed by atoms with Crippen LogP contribution in [0.1, 0.15) is 52.9 Å². The molecule has 0 radical (unpaired) electrons. The smallest absolute Gasteiger partial charge is 0.193 e. The number of hydrogen-bond donors (Lipinski definition) is 2. The third-order valence-corrected chi connectivity index (χ3v) is 9.35. The Labute approximate surface area is 187 Å². The summed E-state index contributed by atoms with van der Waals surface area (Å²) in [6.07, 6.45) is 3.97. The van der Waals surface area contributed by atoms with Gasteiger partial charge in [0.1, 0.15) is 12.8 Å². The molecule has 6 nitrogen and oxygen atoms in total. The van der Waals surface area contributed by atoms with Gasteiger partial charge in [0.25, 0.3) is 0 Å². The third-order valence-electron chi connectivity index (χ3n) is 9.35. The first kappa shape index (κ1) is 22.4. The Morgan fingerprint density at radius 3 is 2.75 bits per heavy atom. The van der Waals surface area contributed by atoms with E-state index < -0.39 is 53.5 Å². The second-order valence-electron chi connectivity index (χ2n) is 10.8. The van der Waals surface area contributed by atoms with Crippen LogP contribution >= 0.6 is 0 Å². The zero-order valence-electron chi connectivity index (χ0n) is 18.9. The highest BCUT2D eigenvalue weighted by Gasteiger charge is 2.76. The molecule has 3 saturated carbocycles. The largest absolute Gasteiger partial charge is 0.393 e. The molecule has 0 bridgehead atoms. The number of ether oxygens (including phenoxy) is 2. The fourth-order valence-corrected chi connectivity index (χ4v) is 8.13. The van der Waals surface area contributed by atoms with Crippen molar-refractivity contribution in [2.24, 2.45) is 28.6 Å². The zero-order chi connectivity index (χ0) is 23.1. The van der Waals surface area contributed by atoms with Crippen LogP contribution in [0.25, 0.3) is 0 Å². The first-order valence-corrected chi connectivity index (χ1v) is 11.9. The van der Waals surface area contributed by atoms with Crippen molar-refractivity contribution >= 4 is 11.6 Å². The summed E-state index contributed by atoms with van der Waals surface area (Å²) in [5, 5.41) is 21.4. The minimum Gasteiger partial charge on any atom is -0.393 e. The normalized spacial score (nSPS) is 51.5. The molecular weight excluding hydrogens is 415 g/mol. The van der Waals surface area contributed by atoms with Gasteiger partial charge in [0.05, 0.1) is 12.2 Å². The van der Waals surface area contributed by atoms with Gasteiger partial charge in [-0.25, -0.2) is 4.39 Å². The first-order valence-electron chi connectivity index (χ1n) is 11.9. The molecule has 10 atom stereocenters. The Bertz CT molecular complexity index is 899. The van der Waals surface area contributed by atoms with Gasteiger partial charge >= 0.3 is 0 Å². The Morgan fingerprint density at radius 1 is 1.31 bits per heavy atom. The molecule has 2 N–H and O–H groups in total. The van der Waals surface area contributed by atoms with Gasteiger partial charge in [-0.3, -0.25) is 9.59 Å². The maximum absolute atomic E-state index is 15.5. The molecule has 4 aliphatic carbocycles. The SMILES string of the molecule is CCCC1O[C@@H]2C[C@H]3[C@@H]4C[C@H](F)C5=CC(=O)C=C[C@]5(C)[C@H]4[C@@H](O)C[C@]3(C)[C@]2(C(=O)CO)O1. The molecular formula is C25H33FO6. The van der Waals surface area contributed by atoms with Gasteiger partial charge in [0.2, 0.25) is 0 Å². The summed E-state index contributed by atoms with van der Waals surface area (Å²) in [4.78, 5) is 25.2. The summed E-state index contributed by atoms with van der Waals surface area (Å²) in [6, 6.07) is 0. The molecule has 176 valence electrons. The number of alkyl halides is 1. The van der Waals surface area contributed by atoms with Crippen LogP contribution in [0.3, 0.4) is 0 Å². The Morgan fingerprint density at radius 2 is 2.06 bits per heavy atom. The molecule has 1 heterocycles. The zero-order valence-corrected chi connectivity index (χ0v) is 18.9. The van der Waals surface area contributed by atoms with Crippen molar-refractivity contribution < 1.29 is 33.7 Å². The second kappa shape index (κ2) is 7.29. The van der Waals surface area contributed by atoms with Gasteiger partial charge in [0.15, 0.2) is 23.5 Å². The predicted octanol–water partition coefficient (Wildman–Crippen LogP) is 2.66. The number of carbonyl (C=O) groups is 2. The van der Waals surface area contributed by atoms with Gasteiger partial charge in [-0.1, -0.05) is 33.3 Å². The first-order chi connectivity index (χ1) is 15.1. The second-order valence-corrected chi connectivity index (χ2v) is 10.8. The molecule has 0 aromatic carbocycles. The van der Waals surface area contributed by atoms with Crippen LogP contribution in [0.5, 0.6) is 0 Å². The molecule has 0 aromatic rings. The molecule has 7 heteroatoms. The van der Waals surface area contributed by atoms with Crippen molar-refractivity contribution in [2.45, 2.75) is 83.1 Å².